The highest BCUT2D eigenvalue weighted by Crippen LogP contribution is 2.32. The van der Waals surface area contributed by atoms with E-state index in [1.165, 1.54) is 24.5 Å². The molecule has 9 nitrogen and oxygen atoms in total. The van der Waals surface area contributed by atoms with Crippen LogP contribution >= 0.6 is 0 Å². The molecule has 0 saturated carbocycles. The van der Waals surface area contributed by atoms with E-state index in [2.05, 4.69) is 9.97 Å². The Balaban J connectivity index is 1.31. The normalized spacial score (nSPS) is 14.4. The van der Waals surface area contributed by atoms with E-state index in [1.54, 1.807) is 21.7 Å². The summed E-state index contributed by atoms with van der Waals surface area (Å²) in [6.45, 7) is 1.99. The van der Waals surface area contributed by atoms with Crippen LogP contribution < -0.4 is 4.90 Å². The van der Waals surface area contributed by atoms with Crippen molar-refractivity contribution in [2.45, 2.75) is 11.7 Å². The van der Waals surface area contributed by atoms with Gasteiger partial charge in [0.05, 0.1) is 0 Å². The summed E-state index contributed by atoms with van der Waals surface area (Å²) in [4.78, 5) is 24.6. The zero-order valence-corrected chi connectivity index (χ0v) is 20.3. The van der Waals surface area contributed by atoms with Crippen LogP contribution in [0.25, 0.3) is 21.9 Å². The summed E-state index contributed by atoms with van der Waals surface area (Å²) in [6.07, 6.45) is 5.53. The number of hydrogen-bond acceptors (Lipinski definition) is 7. The number of hydrogen-bond donors (Lipinski definition) is 1. The molecule has 2 aromatic carbocycles. The second-order valence-electron chi connectivity index (χ2n) is 8.72. The first kappa shape index (κ1) is 23.7. The van der Waals surface area contributed by atoms with Crippen molar-refractivity contribution < 1.29 is 22.7 Å². The standard InChI is InChI=1S/C25H24FN5O4S/c1-36(34,35)25-27-13-18(14-28-25)21-12-19(26)6-7-22(21)29-8-10-30(11-9-29)23(32)16-31-15-17-4-2-3-5-20(17)24(31)33/h2-7,12-15,33H,8-11,16H2,1H3. The van der Waals surface area contributed by atoms with Gasteiger partial charge in [0.1, 0.15) is 12.4 Å². The number of aromatic nitrogens is 3. The molecule has 186 valence electrons. The molecule has 1 fully saturated rings. The summed E-state index contributed by atoms with van der Waals surface area (Å²) in [6, 6.07) is 11.8. The Kier molecular flexibility index (Phi) is 6.09. The molecule has 1 N–H and O–H groups in total. The second kappa shape index (κ2) is 9.23. The molecule has 0 atom stereocenters. The SMILES string of the molecule is CS(=O)(=O)c1ncc(-c2cc(F)ccc2N2CCN(C(=O)Cn3cc4ccccc4c3O)CC2)cn1. The van der Waals surface area contributed by atoms with Gasteiger partial charge in [0.15, 0.2) is 5.88 Å². The molecule has 11 heteroatoms. The van der Waals surface area contributed by atoms with Crippen molar-refractivity contribution in [1.82, 2.24) is 19.4 Å². The number of amides is 1. The van der Waals surface area contributed by atoms with Gasteiger partial charge in [-0.1, -0.05) is 18.2 Å². The predicted octanol–water partition coefficient (Wildman–Crippen LogP) is 2.70. The van der Waals surface area contributed by atoms with E-state index in [0.29, 0.717) is 42.7 Å². The molecule has 1 aliphatic rings. The summed E-state index contributed by atoms with van der Waals surface area (Å²) < 4.78 is 39.0. The van der Waals surface area contributed by atoms with Gasteiger partial charge in [-0.05, 0) is 24.3 Å². The van der Waals surface area contributed by atoms with Crippen LogP contribution in [-0.2, 0) is 21.2 Å². The highest BCUT2D eigenvalue weighted by molar-refractivity contribution is 7.90. The predicted molar refractivity (Wildman–Crippen MR) is 133 cm³/mol. The Morgan fingerprint density at radius 1 is 1.06 bits per heavy atom. The number of rotatable bonds is 5. The van der Waals surface area contributed by atoms with E-state index in [0.717, 1.165) is 17.3 Å². The van der Waals surface area contributed by atoms with E-state index >= 15 is 0 Å². The first-order valence-electron chi connectivity index (χ1n) is 11.3. The van der Waals surface area contributed by atoms with Crippen molar-refractivity contribution in [3.63, 3.8) is 0 Å². The number of carbonyl (C=O) groups is 1. The number of nitrogens with zero attached hydrogens (tertiary/aromatic N) is 5. The van der Waals surface area contributed by atoms with Crippen LogP contribution in [0.4, 0.5) is 10.1 Å². The fraction of sp³-hybridized carbons (Fsp3) is 0.240. The van der Waals surface area contributed by atoms with Gasteiger partial charge < -0.3 is 19.5 Å². The topological polar surface area (TPSA) is 109 Å². The van der Waals surface area contributed by atoms with Gasteiger partial charge in [-0.2, -0.15) is 0 Å². The smallest absolute Gasteiger partial charge is 0.246 e. The minimum Gasteiger partial charge on any atom is -0.494 e. The Bertz CT molecular complexity index is 1540. The Hall–Kier alpha value is -3.99. The fourth-order valence-corrected chi connectivity index (χ4v) is 4.91. The van der Waals surface area contributed by atoms with Crippen molar-refractivity contribution >= 4 is 32.2 Å². The summed E-state index contributed by atoms with van der Waals surface area (Å²) in [5, 5.41) is 11.7. The van der Waals surface area contributed by atoms with Crippen molar-refractivity contribution in [2.24, 2.45) is 0 Å². The van der Waals surface area contributed by atoms with Crippen LogP contribution in [0.2, 0.25) is 0 Å². The lowest BCUT2D eigenvalue weighted by Crippen LogP contribution is -2.49. The summed E-state index contributed by atoms with van der Waals surface area (Å²) >= 11 is 0. The molecule has 1 amide bonds. The molecule has 0 aliphatic carbocycles. The van der Waals surface area contributed by atoms with Gasteiger partial charge in [-0.3, -0.25) is 4.79 Å². The molecular weight excluding hydrogens is 485 g/mol. The maximum atomic E-state index is 14.1. The second-order valence-corrected chi connectivity index (χ2v) is 10.6. The number of fused-ring (bicyclic) bond motifs is 1. The van der Waals surface area contributed by atoms with Crippen LogP contribution in [0.15, 0.2) is 66.2 Å². The van der Waals surface area contributed by atoms with Gasteiger partial charge in [-0.15, -0.1) is 0 Å². The van der Waals surface area contributed by atoms with Gasteiger partial charge in [0.2, 0.25) is 20.9 Å². The van der Waals surface area contributed by atoms with Gasteiger partial charge in [0, 0.05) is 78.6 Å². The lowest BCUT2D eigenvalue weighted by molar-refractivity contribution is -0.132. The number of carbonyl (C=O) groups excluding carboxylic acids is 1. The molecule has 0 bridgehead atoms. The van der Waals surface area contributed by atoms with E-state index in [4.69, 9.17) is 0 Å². The number of anilines is 1. The minimum absolute atomic E-state index is 0.0341. The Morgan fingerprint density at radius 2 is 1.75 bits per heavy atom. The maximum absolute atomic E-state index is 14.1. The molecule has 0 unspecified atom stereocenters. The van der Waals surface area contributed by atoms with Gasteiger partial charge >= 0.3 is 0 Å². The van der Waals surface area contributed by atoms with Gasteiger partial charge in [-0.25, -0.2) is 22.8 Å². The zero-order valence-electron chi connectivity index (χ0n) is 19.5. The van der Waals surface area contributed by atoms with Crippen LogP contribution in [-0.4, -0.2) is 71.3 Å². The number of benzene rings is 2. The Morgan fingerprint density at radius 3 is 2.42 bits per heavy atom. The lowest BCUT2D eigenvalue weighted by atomic mass is 10.0. The zero-order chi connectivity index (χ0) is 25.4. The molecule has 0 spiro atoms. The third kappa shape index (κ3) is 4.61. The maximum Gasteiger partial charge on any atom is 0.246 e. The summed E-state index contributed by atoms with van der Waals surface area (Å²) in [5.41, 5.74) is 1.78. The van der Waals surface area contributed by atoms with Crippen LogP contribution in [0.5, 0.6) is 5.88 Å². The summed E-state index contributed by atoms with van der Waals surface area (Å²) in [7, 11) is -3.55. The van der Waals surface area contributed by atoms with E-state index in [9.17, 15) is 22.7 Å². The van der Waals surface area contributed by atoms with E-state index < -0.39 is 15.7 Å². The molecule has 3 heterocycles. The first-order valence-corrected chi connectivity index (χ1v) is 13.2. The average molecular weight is 510 g/mol. The largest absolute Gasteiger partial charge is 0.494 e. The minimum atomic E-state index is -3.55. The van der Waals surface area contributed by atoms with E-state index in [1.807, 2.05) is 29.2 Å². The number of piperazine rings is 1. The van der Waals surface area contributed by atoms with Crippen molar-refractivity contribution in [3.05, 3.63) is 66.9 Å². The van der Waals surface area contributed by atoms with Crippen LogP contribution in [0.1, 0.15) is 0 Å². The van der Waals surface area contributed by atoms with Gasteiger partial charge in [0.25, 0.3) is 0 Å². The van der Waals surface area contributed by atoms with Crippen molar-refractivity contribution in [3.8, 4) is 17.0 Å². The third-order valence-electron chi connectivity index (χ3n) is 6.28. The van der Waals surface area contributed by atoms with E-state index in [-0.39, 0.29) is 23.5 Å². The van der Waals surface area contributed by atoms with Crippen LogP contribution in [0.3, 0.4) is 0 Å². The van der Waals surface area contributed by atoms with Crippen molar-refractivity contribution in [1.29, 1.82) is 0 Å². The number of aromatic hydroxyl groups is 1. The third-order valence-corrected chi connectivity index (χ3v) is 7.15. The average Bonchev–Trinajstić information content (AvgIpc) is 3.18. The Labute approximate surface area is 207 Å². The molecular formula is C25H24FN5O4S. The molecule has 5 rings (SSSR count). The summed E-state index contributed by atoms with van der Waals surface area (Å²) in [5.74, 6) is -0.472. The molecule has 1 saturated heterocycles. The molecule has 36 heavy (non-hydrogen) atoms. The molecule has 0 radical (unpaired) electrons. The molecule has 4 aromatic rings. The van der Waals surface area contributed by atoms with Crippen molar-refractivity contribution in [2.75, 3.05) is 37.3 Å². The fourth-order valence-electron chi connectivity index (χ4n) is 4.42. The highest BCUT2D eigenvalue weighted by Gasteiger charge is 2.24. The monoisotopic (exact) mass is 509 g/mol. The first-order chi connectivity index (χ1) is 17.2. The lowest BCUT2D eigenvalue weighted by Gasteiger charge is -2.37. The quantitative estimate of drug-likeness (QED) is 0.412. The van der Waals surface area contributed by atoms with Crippen LogP contribution in [0, 0.1) is 5.82 Å². The molecule has 2 aromatic heterocycles. The number of halogens is 1. The molecule has 1 aliphatic heterocycles. The highest BCUT2D eigenvalue weighted by atomic mass is 32.2. The number of sulfone groups is 1.